The molecule has 2 N–H and O–H groups in total. The second-order valence-electron chi connectivity index (χ2n) is 8.74. The highest BCUT2D eigenvalue weighted by Gasteiger charge is 2.44. The van der Waals surface area contributed by atoms with Crippen molar-refractivity contribution in [3.8, 4) is 5.69 Å². The van der Waals surface area contributed by atoms with E-state index in [1.165, 1.54) is 0 Å². The predicted octanol–water partition coefficient (Wildman–Crippen LogP) is 3.52. The summed E-state index contributed by atoms with van der Waals surface area (Å²) in [6.07, 6.45) is 8.24. The fourth-order valence-electron chi connectivity index (χ4n) is 4.47. The molecule has 168 valence electrons. The third-order valence-corrected chi connectivity index (χ3v) is 6.11. The molecule has 1 fully saturated rings. The smallest absolute Gasteiger partial charge is 0.248 e. The van der Waals surface area contributed by atoms with Gasteiger partial charge >= 0.3 is 0 Å². The number of alkyl halides is 2. The van der Waals surface area contributed by atoms with Crippen LogP contribution in [-0.4, -0.2) is 47.0 Å². The van der Waals surface area contributed by atoms with Crippen LogP contribution in [0.4, 0.5) is 8.78 Å². The molecule has 0 bridgehead atoms. The first-order valence-electron chi connectivity index (χ1n) is 10.9. The van der Waals surface area contributed by atoms with Gasteiger partial charge in [0.15, 0.2) is 0 Å². The first-order valence-corrected chi connectivity index (χ1v) is 10.9. The summed E-state index contributed by atoms with van der Waals surface area (Å²) in [7, 11) is 0. The summed E-state index contributed by atoms with van der Waals surface area (Å²) in [5.74, 6) is -2.39. The second kappa shape index (κ2) is 7.73. The number of aromatic amines is 1. The Morgan fingerprint density at radius 2 is 2.00 bits per heavy atom. The predicted molar refractivity (Wildman–Crippen MR) is 118 cm³/mol. The molecule has 0 aliphatic heterocycles. The molecule has 0 atom stereocenters. The van der Waals surface area contributed by atoms with Gasteiger partial charge in [0.05, 0.1) is 35.0 Å². The van der Waals surface area contributed by atoms with E-state index in [9.17, 15) is 8.78 Å². The number of hydrogen-bond acceptors (Lipinski definition) is 5. The quantitative estimate of drug-likeness (QED) is 0.398. The van der Waals surface area contributed by atoms with E-state index >= 15 is 0 Å². The zero-order valence-electron chi connectivity index (χ0n) is 17.7. The van der Waals surface area contributed by atoms with E-state index in [0.29, 0.717) is 19.5 Å². The molecule has 4 aromatic heterocycles. The molecule has 8 nitrogen and oxygen atoms in total. The first-order chi connectivity index (χ1) is 16.0. The lowest BCUT2D eigenvalue weighted by Crippen LogP contribution is -2.40. The minimum atomic E-state index is -2.46. The molecule has 0 radical (unpaired) electrons. The zero-order valence-corrected chi connectivity index (χ0v) is 17.7. The van der Waals surface area contributed by atoms with Crippen LogP contribution in [0, 0.1) is 5.92 Å². The molecular weight excluding hydrogens is 426 g/mol. The maximum Gasteiger partial charge on any atom is 0.248 e. The van der Waals surface area contributed by atoms with Gasteiger partial charge in [-0.05, 0) is 36.2 Å². The van der Waals surface area contributed by atoms with Crippen LogP contribution in [0.1, 0.15) is 29.8 Å². The van der Waals surface area contributed by atoms with Gasteiger partial charge in [0.25, 0.3) is 0 Å². The van der Waals surface area contributed by atoms with Crippen molar-refractivity contribution in [2.45, 2.75) is 31.7 Å². The van der Waals surface area contributed by atoms with Crippen molar-refractivity contribution in [2.24, 2.45) is 5.92 Å². The van der Waals surface area contributed by atoms with Crippen molar-refractivity contribution in [3.63, 3.8) is 0 Å². The number of halogens is 2. The van der Waals surface area contributed by atoms with E-state index in [0.717, 1.165) is 39.2 Å². The maximum atomic E-state index is 13.0. The van der Waals surface area contributed by atoms with Crippen LogP contribution >= 0.6 is 0 Å². The fourth-order valence-corrected chi connectivity index (χ4v) is 4.47. The number of aromatic nitrogens is 7. The molecule has 1 aromatic carbocycles. The lowest BCUT2D eigenvalue weighted by molar-refractivity contribution is -0.109. The number of H-pyrrole nitrogens is 1. The summed E-state index contributed by atoms with van der Waals surface area (Å²) in [4.78, 5) is 4.69. The Hall–Kier alpha value is -3.66. The molecule has 1 saturated carbocycles. The zero-order chi connectivity index (χ0) is 22.4. The van der Waals surface area contributed by atoms with Crippen LogP contribution < -0.4 is 5.32 Å². The normalized spacial score (nSPS) is 15.9. The molecular formula is C23H22F2N8. The van der Waals surface area contributed by atoms with Gasteiger partial charge in [0.1, 0.15) is 5.65 Å². The second-order valence-corrected chi connectivity index (χ2v) is 8.74. The molecule has 4 heterocycles. The lowest BCUT2D eigenvalue weighted by atomic mass is 9.81. The molecule has 0 amide bonds. The lowest BCUT2D eigenvalue weighted by Gasteiger charge is -2.35. The average Bonchev–Trinajstić information content (AvgIpc) is 3.51. The SMILES string of the molecule is FC1(F)CC(CNCc2ccc3nc(Cc4cn(-c5cccc6[nH]ncc56)nn4)cn3c2)C1. The summed E-state index contributed by atoms with van der Waals surface area (Å²) in [6.45, 7) is 1.25. The molecule has 33 heavy (non-hydrogen) atoms. The van der Waals surface area contributed by atoms with E-state index in [1.54, 1.807) is 10.9 Å². The molecule has 5 aromatic rings. The molecule has 6 rings (SSSR count). The van der Waals surface area contributed by atoms with Crippen molar-refractivity contribution in [1.82, 2.24) is 39.9 Å². The van der Waals surface area contributed by atoms with Crippen LogP contribution in [0.15, 0.2) is 55.1 Å². The number of hydrogen-bond donors (Lipinski definition) is 2. The maximum absolute atomic E-state index is 13.0. The number of fused-ring (bicyclic) bond motifs is 2. The van der Waals surface area contributed by atoms with Crippen molar-refractivity contribution < 1.29 is 8.78 Å². The van der Waals surface area contributed by atoms with E-state index in [4.69, 9.17) is 0 Å². The summed E-state index contributed by atoms with van der Waals surface area (Å²) in [6, 6.07) is 9.88. The number of nitrogens with zero attached hydrogens (tertiary/aromatic N) is 6. The molecule has 0 saturated heterocycles. The van der Waals surface area contributed by atoms with Gasteiger partial charge < -0.3 is 9.72 Å². The Labute approximate surface area is 187 Å². The van der Waals surface area contributed by atoms with Crippen molar-refractivity contribution in [1.29, 1.82) is 0 Å². The fraction of sp³-hybridized carbons (Fsp3) is 0.304. The van der Waals surface area contributed by atoms with Crippen LogP contribution in [0.5, 0.6) is 0 Å². The summed E-state index contributed by atoms with van der Waals surface area (Å²) < 4.78 is 29.7. The molecule has 10 heteroatoms. The van der Waals surface area contributed by atoms with E-state index < -0.39 is 5.92 Å². The van der Waals surface area contributed by atoms with Gasteiger partial charge in [-0.15, -0.1) is 5.10 Å². The van der Waals surface area contributed by atoms with Gasteiger partial charge in [-0.3, -0.25) is 5.10 Å². The van der Waals surface area contributed by atoms with Gasteiger partial charge in [-0.25, -0.2) is 18.4 Å². The van der Waals surface area contributed by atoms with Crippen LogP contribution in [0.2, 0.25) is 0 Å². The van der Waals surface area contributed by atoms with Crippen molar-refractivity contribution in [3.05, 3.63) is 72.1 Å². The van der Waals surface area contributed by atoms with Gasteiger partial charge in [0.2, 0.25) is 5.92 Å². The van der Waals surface area contributed by atoms with Gasteiger partial charge in [-0.2, -0.15) is 5.10 Å². The molecule has 0 spiro atoms. The minimum Gasteiger partial charge on any atom is -0.312 e. The number of imidazole rings is 1. The Balaban J connectivity index is 1.13. The molecule has 1 aliphatic carbocycles. The monoisotopic (exact) mass is 448 g/mol. The third kappa shape index (κ3) is 3.97. The largest absolute Gasteiger partial charge is 0.312 e. The average molecular weight is 448 g/mol. The van der Waals surface area contributed by atoms with Crippen LogP contribution in [0.25, 0.3) is 22.2 Å². The first kappa shape index (κ1) is 20.0. The molecule has 1 aliphatic rings. The van der Waals surface area contributed by atoms with Gasteiger partial charge in [0, 0.05) is 43.6 Å². The van der Waals surface area contributed by atoms with Crippen molar-refractivity contribution in [2.75, 3.05) is 6.54 Å². The number of pyridine rings is 1. The summed E-state index contributed by atoms with van der Waals surface area (Å²) >= 11 is 0. The molecule has 0 unspecified atom stereocenters. The van der Waals surface area contributed by atoms with Gasteiger partial charge in [-0.1, -0.05) is 17.3 Å². The topological polar surface area (TPSA) is 88.7 Å². The van der Waals surface area contributed by atoms with E-state index in [2.05, 4.69) is 30.8 Å². The van der Waals surface area contributed by atoms with E-state index in [1.807, 2.05) is 53.3 Å². The standard InChI is InChI=1S/C23H22F2N8/c24-23(25)7-16(8-23)10-26-9-15-4-5-22-28-17(13-32(22)12-15)6-18-14-33(31-29-18)21-3-1-2-20-19(21)11-27-30-20/h1-5,11-14,16,26H,6-10H2,(H,27,30). The summed E-state index contributed by atoms with van der Waals surface area (Å²) in [5.41, 5.74) is 5.50. The third-order valence-electron chi connectivity index (χ3n) is 6.11. The Bertz CT molecular complexity index is 1420. The summed E-state index contributed by atoms with van der Waals surface area (Å²) in [5, 5.41) is 19.9. The number of rotatable bonds is 7. The van der Waals surface area contributed by atoms with Crippen molar-refractivity contribution >= 4 is 16.6 Å². The Morgan fingerprint density at radius 1 is 1.09 bits per heavy atom. The Kier molecular flexibility index (Phi) is 4.68. The van der Waals surface area contributed by atoms with Crippen LogP contribution in [0.3, 0.4) is 0 Å². The Morgan fingerprint density at radius 3 is 2.88 bits per heavy atom. The number of benzene rings is 1. The number of nitrogens with one attached hydrogen (secondary N) is 2. The highest BCUT2D eigenvalue weighted by Crippen LogP contribution is 2.41. The highest BCUT2D eigenvalue weighted by molar-refractivity contribution is 5.86. The van der Waals surface area contributed by atoms with Crippen LogP contribution in [-0.2, 0) is 13.0 Å². The highest BCUT2D eigenvalue weighted by atomic mass is 19.3. The van der Waals surface area contributed by atoms with E-state index in [-0.39, 0.29) is 18.8 Å². The minimum absolute atomic E-state index is 0.00817.